The highest BCUT2D eigenvalue weighted by atomic mass is 32.2. The van der Waals surface area contributed by atoms with Gasteiger partial charge >= 0.3 is 11.9 Å². The molecular formula is C19H20N2O5S. The van der Waals surface area contributed by atoms with Gasteiger partial charge in [0.2, 0.25) is 0 Å². The molecule has 0 unspecified atom stereocenters. The van der Waals surface area contributed by atoms with E-state index in [9.17, 15) is 14.4 Å². The van der Waals surface area contributed by atoms with Crippen molar-refractivity contribution in [3.8, 4) is 0 Å². The van der Waals surface area contributed by atoms with Gasteiger partial charge in [-0.1, -0.05) is 18.2 Å². The molecule has 1 aliphatic rings. The van der Waals surface area contributed by atoms with Crippen LogP contribution in [0.1, 0.15) is 16.1 Å². The molecule has 2 aromatic rings. The second-order valence-electron chi connectivity index (χ2n) is 6.13. The molecule has 1 saturated heterocycles. The third kappa shape index (κ3) is 4.39. The van der Waals surface area contributed by atoms with Gasteiger partial charge in [0, 0.05) is 29.9 Å². The number of hydrogen-bond donors (Lipinski definition) is 0. The summed E-state index contributed by atoms with van der Waals surface area (Å²) in [7, 11) is 1.33. The van der Waals surface area contributed by atoms with E-state index in [1.807, 2.05) is 18.2 Å². The van der Waals surface area contributed by atoms with E-state index in [1.54, 1.807) is 19.1 Å². The largest absolute Gasteiger partial charge is 0.468 e. The number of esters is 2. The van der Waals surface area contributed by atoms with Gasteiger partial charge < -0.3 is 14.4 Å². The summed E-state index contributed by atoms with van der Waals surface area (Å²) >= 11 is 1.46. The average Bonchev–Trinajstić information content (AvgIpc) is 2.70. The average molecular weight is 388 g/mol. The van der Waals surface area contributed by atoms with Gasteiger partial charge in [0.15, 0.2) is 6.61 Å². The molecule has 0 spiro atoms. The van der Waals surface area contributed by atoms with Crippen molar-refractivity contribution in [2.24, 2.45) is 0 Å². The summed E-state index contributed by atoms with van der Waals surface area (Å²) in [5.41, 5.74) is 1.78. The van der Waals surface area contributed by atoms with Crippen LogP contribution in [0.4, 0.5) is 0 Å². The van der Waals surface area contributed by atoms with Crippen molar-refractivity contribution >= 4 is 40.5 Å². The summed E-state index contributed by atoms with van der Waals surface area (Å²) < 4.78 is 9.98. The summed E-state index contributed by atoms with van der Waals surface area (Å²) in [6, 6.07) is 8.94. The number of thioether (sulfide) groups is 1. The third-order valence-electron chi connectivity index (χ3n) is 4.27. The normalized spacial score (nSPS) is 16.8. The van der Waals surface area contributed by atoms with Crippen LogP contribution in [0.3, 0.4) is 0 Å². The summed E-state index contributed by atoms with van der Waals surface area (Å²) in [6.07, 6.45) is 0. The minimum atomic E-state index is -0.569. The fourth-order valence-corrected chi connectivity index (χ4v) is 4.05. The number of hydrogen-bond acceptors (Lipinski definition) is 7. The Morgan fingerprint density at radius 1 is 1.30 bits per heavy atom. The minimum absolute atomic E-state index is 0.255. The van der Waals surface area contributed by atoms with Crippen molar-refractivity contribution in [1.82, 2.24) is 9.88 Å². The van der Waals surface area contributed by atoms with Crippen LogP contribution < -0.4 is 0 Å². The molecule has 142 valence electrons. The zero-order valence-corrected chi connectivity index (χ0v) is 16.0. The number of methoxy groups -OCH3 is 1. The molecule has 0 aliphatic carbocycles. The van der Waals surface area contributed by atoms with Crippen molar-refractivity contribution in [3.63, 3.8) is 0 Å². The van der Waals surface area contributed by atoms with Gasteiger partial charge in [0.1, 0.15) is 5.25 Å². The molecule has 3 rings (SSSR count). The van der Waals surface area contributed by atoms with E-state index in [0.717, 1.165) is 0 Å². The van der Waals surface area contributed by atoms with E-state index < -0.39 is 11.2 Å². The van der Waals surface area contributed by atoms with Crippen LogP contribution in [0.2, 0.25) is 0 Å². The van der Waals surface area contributed by atoms with Gasteiger partial charge in [-0.25, -0.2) is 4.79 Å². The lowest BCUT2D eigenvalue weighted by atomic mass is 10.1. The molecule has 0 N–H and O–H groups in total. The van der Waals surface area contributed by atoms with E-state index >= 15 is 0 Å². The maximum absolute atomic E-state index is 12.5. The van der Waals surface area contributed by atoms with Crippen LogP contribution in [0.15, 0.2) is 30.3 Å². The van der Waals surface area contributed by atoms with E-state index in [4.69, 9.17) is 9.47 Å². The zero-order chi connectivity index (χ0) is 19.4. The van der Waals surface area contributed by atoms with Gasteiger partial charge in [-0.15, -0.1) is 11.8 Å². The van der Waals surface area contributed by atoms with E-state index in [0.29, 0.717) is 34.5 Å². The number of nitrogens with zero attached hydrogens (tertiary/aromatic N) is 2. The van der Waals surface area contributed by atoms with Crippen molar-refractivity contribution in [2.45, 2.75) is 12.2 Å². The highest BCUT2D eigenvalue weighted by Crippen LogP contribution is 2.21. The Hall–Kier alpha value is -2.61. The van der Waals surface area contributed by atoms with E-state index in [-0.39, 0.29) is 25.0 Å². The molecule has 1 amide bonds. The Balaban J connectivity index is 1.66. The predicted octanol–water partition coefficient (Wildman–Crippen LogP) is 1.82. The Kier molecular flexibility index (Phi) is 5.95. The predicted molar refractivity (Wildman–Crippen MR) is 102 cm³/mol. The smallest absolute Gasteiger partial charge is 0.339 e. The molecule has 1 fully saturated rings. The molecule has 2 heterocycles. The first-order valence-corrected chi connectivity index (χ1v) is 9.55. The number of carbonyl (C=O) groups excluding carboxylic acids is 3. The SMILES string of the molecule is COC(=O)[C@@H]1CN(C(=O)COC(=O)c2cc(C)nc3ccccc23)CCS1. The topological polar surface area (TPSA) is 85.8 Å². The molecule has 1 aromatic carbocycles. The number of rotatable bonds is 4. The second-order valence-corrected chi connectivity index (χ2v) is 7.44. The van der Waals surface area contributed by atoms with Gasteiger partial charge in [-0.3, -0.25) is 14.6 Å². The van der Waals surface area contributed by atoms with Gasteiger partial charge in [0.05, 0.1) is 18.2 Å². The van der Waals surface area contributed by atoms with Crippen LogP contribution >= 0.6 is 11.8 Å². The van der Waals surface area contributed by atoms with Crippen molar-refractivity contribution in [3.05, 3.63) is 41.6 Å². The number of para-hydroxylation sites is 1. The molecule has 0 saturated carbocycles. The van der Waals surface area contributed by atoms with Gasteiger partial charge in [-0.2, -0.15) is 0 Å². The molecular weight excluding hydrogens is 368 g/mol. The lowest BCUT2D eigenvalue weighted by molar-refractivity contribution is -0.141. The summed E-state index contributed by atoms with van der Waals surface area (Å²) in [5.74, 6) is -0.616. The second kappa shape index (κ2) is 8.39. The number of aryl methyl sites for hydroxylation is 1. The molecule has 0 bridgehead atoms. The summed E-state index contributed by atoms with van der Waals surface area (Å²) in [4.78, 5) is 42.5. The molecule has 0 radical (unpaired) electrons. The highest BCUT2D eigenvalue weighted by molar-refractivity contribution is 8.00. The number of benzene rings is 1. The van der Waals surface area contributed by atoms with Crippen molar-refractivity contribution in [2.75, 3.05) is 32.6 Å². The summed E-state index contributed by atoms with van der Waals surface area (Å²) in [6.45, 7) is 2.19. The quantitative estimate of drug-likeness (QED) is 0.739. The van der Waals surface area contributed by atoms with Crippen LogP contribution in [0, 0.1) is 6.92 Å². The monoisotopic (exact) mass is 388 g/mol. The van der Waals surface area contributed by atoms with E-state index in [2.05, 4.69) is 4.98 Å². The minimum Gasteiger partial charge on any atom is -0.468 e. The molecule has 1 aromatic heterocycles. The highest BCUT2D eigenvalue weighted by Gasteiger charge is 2.30. The lowest BCUT2D eigenvalue weighted by Crippen LogP contribution is -2.46. The molecule has 7 nitrogen and oxygen atoms in total. The number of aromatic nitrogens is 1. The number of fused-ring (bicyclic) bond motifs is 1. The fourth-order valence-electron chi connectivity index (χ4n) is 2.92. The Labute approximate surface area is 161 Å². The van der Waals surface area contributed by atoms with Crippen molar-refractivity contribution in [1.29, 1.82) is 0 Å². The number of pyridine rings is 1. The maximum Gasteiger partial charge on any atom is 0.339 e. The molecule has 1 aliphatic heterocycles. The van der Waals surface area contributed by atoms with E-state index in [1.165, 1.54) is 23.8 Å². The van der Waals surface area contributed by atoms with Gasteiger partial charge in [0.25, 0.3) is 5.91 Å². The van der Waals surface area contributed by atoms with Gasteiger partial charge in [-0.05, 0) is 19.1 Å². The number of carbonyl (C=O) groups is 3. The number of ether oxygens (including phenoxy) is 2. The fraction of sp³-hybridized carbons (Fsp3) is 0.368. The van der Waals surface area contributed by atoms with Crippen LogP contribution in [-0.2, 0) is 19.1 Å². The van der Waals surface area contributed by atoms with Crippen LogP contribution in [-0.4, -0.2) is 65.5 Å². The Bertz CT molecular complexity index is 886. The first-order valence-electron chi connectivity index (χ1n) is 8.50. The standard InChI is InChI=1S/C19H20N2O5S/c1-12-9-14(13-5-3-4-6-15(13)20-12)18(23)26-11-17(22)21-7-8-27-16(10-21)19(24)25-2/h3-6,9,16H,7-8,10-11H2,1-2H3/t16-/m0/s1. The zero-order valence-electron chi connectivity index (χ0n) is 15.1. The van der Waals surface area contributed by atoms with Crippen molar-refractivity contribution < 1.29 is 23.9 Å². The lowest BCUT2D eigenvalue weighted by Gasteiger charge is -2.30. The summed E-state index contributed by atoms with van der Waals surface area (Å²) in [5, 5.41) is 0.274. The molecule has 1 atom stereocenters. The molecule has 8 heteroatoms. The first kappa shape index (κ1) is 19.2. The first-order chi connectivity index (χ1) is 13.0. The van der Waals surface area contributed by atoms with Crippen LogP contribution in [0.25, 0.3) is 10.9 Å². The number of amides is 1. The molecule has 27 heavy (non-hydrogen) atoms. The Morgan fingerprint density at radius 2 is 2.07 bits per heavy atom. The third-order valence-corrected chi connectivity index (χ3v) is 5.44. The maximum atomic E-state index is 12.5. The Morgan fingerprint density at radius 3 is 2.85 bits per heavy atom. The van der Waals surface area contributed by atoms with Crippen LogP contribution in [0.5, 0.6) is 0 Å².